The van der Waals surface area contributed by atoms with Crippen molar-refractivity contribution in [2.24, 2.45) is 0 Å². The van der Waals surface area contributed by atoms with Gasteiger partial charge in [0.2, 0.25) is 0 Å². The number of nitrogens with two attached hydrogens (primary N) is 1. The SMILES string of the molecule is Nc1cc(Cl)nc(C(=O)O)c1Cl.O=C(O)COc1ccc(Cl)cc1Cl. The van der Waals surface area contributed by atoms with E-state index >= 15 is 0 Å². The normalized spacial score (nSPS) is 9.76. The molecule has 0 saturated carbocycles. The molecule has 0 atom stereocenters. The van der Waals surface area contributed by atoms with Gasteiger partial charge in [-0.2, -0.15) is 0 Å². The molecule has 0 aliphatic rings. The Morgan fingerprint density at radius 1 is 1.12 bits per heavy atom. The molecule has 0 radical (unpaired) electrons. The minimum atomic E-state index is -1.26. The zero-order valence-corrected chi connectivity index (χ0v) is 15.2. The van der Waals surface area contributed by atoms with Crippen molar-refractivity contribution >= 4 is 64.0 Å². The van der Waals surface area contributed by atoms with E-state index in [4.69, 9.17) is 67.1 Å². The first-order chi connectivity index (χ1) is 11.6. The van der Waals surface area contributed by atoms with Crippen molar-refractivity contribution in [1.82, 2.24) is 4.98 Å². The summed E-state index contributed by atoms with van der Waals surface area (Å²) in [5, 5.41) is 17.6. The fourth-order valence-corrected chi connectivity index (χ4v) is 2.23. The highest BCUT2D eigenvalue weighted by Crippen LogP contribution is 2.27. The molecule has 1 aromatic heterocycles. The Labute approximate surface area is 161 Å². The second kappa shape index (κ2) is 9.53. The lowest BCUT2D eigenvalue weighted by atomic mass is 10.3. The Morgan fingerprint density at radius 3 is 2.28 bits per heavy atom. The third kappa shape index (κ3) is 6.83. The number of hydrogen-bond acceptors (Lipinski definition) is 5. The molecular formula is C14H10Cl4N2O5. The summed E-state index contributed by atoms with van der Waals surface area (Å²) in [7, 11) is 0. The van der Waals surface area contributed by atoms with Crippen LogP contribution in [0.15, 0.2) is 24.3 Å². The number of rotatable bonds is 4. The van der Waals surface area contributed by atoms with Gasteiger partial charge in [-0.05, 0) is 24.3 Å². The number of carboxylic acid groups (broad SMARTS) is 2. The highest BCUT2D eigenvalue weighted by Gasteiger charge is 2.14. The second-order valence-corrected chi connectivity index (χ2v) is 5.87. The molecule has 4 N–H and O–H groups in total. The number of aromatic nitrogens is 1. The van der Waals surface area contributed by atoms with E-state index in [1.807, 2.05) is 0 Å². The molecular weight excluding hydrogens is 418 g/mol. The van der Waals surface area contributed by atoms with E-state index in [1.54, 1.807) is 6.07 Å². The number of hydrogen-bond donors (Lipinski definition) is 3. The average Bonchev–Trinajstić information content (AvgIpc) is 2.50. The summed E-state index contributed by atoms with van der Waals surface area (Å²) in [6, 6.07) is 5.87. The topological polar surface area (TPSA) is 123 Å². The maximum atomic E-state index is 10.5. The lowest BCUT2D eigenvalue weighted by Gasteiger charge is -2.04. The van der Waals surface area contributed by atoms with E-state index in [0.29, 0.717) is 15.8 Å². The van der Waals surface area contributed by atoms with Crippen molar-refractivity contribution in [3.8, 4) is 5.75 Å². The Kier molecular flexibility index (Phi) is 8.05. The van der Waals surface area contributed by atoms with Crippen LogP contribution in [0, 0.1) is 0 Å². The van der Waals surface area contributed by atoms with Crippen LogP contribution in [0.4, 0.5) is 5.69 Å². The highest BCUT2D eigenvalue weighted by molar-refractivity contribution is 6.37. The third-order valence-electron chi connectivity index (χ3n) is 2.40. The summed E-state index contributed by atoms with van der Waals surface area (Å²) >= 11 is 22.3. The molecule has 25 heavy (non-hydrogen) atoms. The number of ether oxygens (including phenoxy) is 1. The molecule has 0 aliphatic carbocycles. The number of aromatic carboxylic acids is 1. The van der Waals surface area contributed by atoms with Crippen molar-refractivity contribution in [3.05, 3.63) is 50.2 Å². The first-order valence-corrected chi connectivity index (χ1v) is 7.77. The average molecular weight is 428 g/mol. The first kappa shape index (κ1) is 21.1. The molecule has 0 saturated heterocycles. The van der Waals surface area contributed by atoms with E-state index < -0.39 is 18.5 Å². The number of nitrogen functional groups attached to an aromatic ring is 1. The monoisotopic (exact) mass is 426 g/mol. The van der Waals surface area contributed by atoms with E-state index in [-0.39, 0.29) is 21.6 Å². The Morgan fingerprint density at radius 2 is 1.76 bits per heavy atom. The fraction of sp³-hybridized carbons (Fsp3) is 0.0714. The molecule has 11 heteroatoms. The summed E-state index contributed by atoms with van der Waals surface area (Å²) in [5.41, 5.74) is 5.11. The maximum Gasteiger partial charge on any atom is 0.356 e. The number of pyridine rings is 1. The second-order valence-electron chi connectivity index (χ2n) is 4.26. The van der Waals surface area contributed by atoms with Crippen LogP contribution in [-0.2, 0) is 4.79 Å². The summed E-state index contributed by atoms with van der Waals surface area (Å²) in [6.45, 7) is -0.415. The van der Waals surface area contributed by atoms with Gasteiger partial charge in [-0.25, -0.2) is 14.6 Å². The minimum Gasteiger partial charge on any atom is -0.480 e. The van der Waals surface area contributed by atoms with Gasteiger partial charge in [0.05, 0.1) is 15.7 Å². The number of benzene rings is 1. The van der Waals surface area contributed by atoms with Crippen molar-refractivity contribution in [3.63, 3.8) is 0 Å². The molecule has 0 bridgehead atoms. The smallest absolute Gasteiger partial charge is 0.356 e. The van der Waals surface area contributed by atoms with Gasteiger partial charge in [-0.3, -0.25) is 0 Å². The van der Waals surface area contributed by atoms with Crippen LogP contribution in [0.2, 0.25) is 20.2 Å². The largest absolute Gasteiger partial charge is 0.480 e. The van der Waals surface area contributed by atoms with E-state index in [1.165, 1.54) is 18.2 Å². The zero-order valence-electron chi connectivity index (χ0n) is 12.2. The molecule has 0 spiro atoms. The third-order valence-corrected chi connectivity index (χ3v) is 3.52. The molecule has 2 aromatic rings. The van der Waals surface area contributed by atoms with Gasteiger partial charge >= 0.3 is 11.9 Å². The first-order valence-electron chi connectivity index (χ1n) is 6.26. The van der Waals surface area contributed by atoms with Crippen LogP contribution in [0.5, 0.6) is 5.75 Å². The maximum absolute atomic E-state index is 10.5. The molecule has 7 nitrogen and oxygen atoms in total. The van der Waals surface area contributed by atoms with Crippen molar-refractivity contribution < 1.29 is 24.5 Å². The number of carbonyl (C=O) groups is 2. The Balaban J connectivity index is 0.000000251. The van der Waals surface area contributed by atoms with Gasteiger partial charge in [-0.15, -0.1) is 0 Å². The van der Waals surface area contributed by atoms with Gasteiger partial charge < -0.3 is 20.7 Å². The molecule has 1 aromatic carbocycles. The number of halogens is 4. The Bertz CT molecular complexity index is 801. The van der Waals surface area contributed by atoms with E-state index in [2.05, 4.69) is 4.98 Å². The van der Waals surface area contributed by atoms with Gasteiger partial charge in [0.1, 0.15) is 10.9 Å². The standard InChI is InChI=1S/C8H6Cl2O3.C6H4Cl2N2O2/c9-5-1-2-7(6(10)3-5)13-4-8(11)12;7-3-1-2(9)4(8)5(10-3)6(11)12/h1-3H,4H2,(H,11,12);1H,(H2,9,10)(H,11,12). The summed E-state index contributed by atoms with van der Waals surface area (Å²) in [5.74, 6) is -1.99. The number of nitrogens with zero attached hydrogens (tertiary/aromatic N) is 1. The number of aliphatic carboxylic acids is 1. The number of carboxylic acids is 2. The van der Waals surface area contributed by atoms with Gasteiger partial charge in [-0.1, -0.05) is 46.4 Å². The van der Waals surface area contributed by atoms with E-state index in [9.17, 15) is 9.59 Å². The summed E-state index contributed by atoms with van der Waals surface area (Å²) in [4.78, 5) is 24.1. The van der Waals surface area contributed by atoms with Gasteiger partial charge in [0, 0.05) is 5.02 Å². The van der Waals surface area contributed by atoms with E-state index in [0.717, 1.165) is 0 Å². The predicted molar refractivity (Wildman–Crippen MR) is 95.2 cm³/mol. The van der Waals surface area contributed by atoms with Crippen LogP contribution in [0.25, 0.3) is 0 Å². The quantitative estimate of drug-likeness (QED) is 0.626. The van der Waals surface area contributed by atoms with Crippen molar-refractivity contribution in [2.75, 3.05) is 12.3 Å². The van der Waals surface area contributed by atoms with Crippen LogP contribution >= 0.6 is 46.4 Å². The Hall–Kier alpha value is -1.93. The minimum absolute atomic E-state index is 0.00861. The highest BCUT2D eigenvalue weighted by atomic mass is 35.5. The zero-order chi connectivity index (χ0) is 19.1. The molecule has 0 unspecified atom stereocenters. The molecule has 134 valence electrons. The van der Waals surface area contributed by atoms with Crippen molar-refractivity contribution in [1.29, 1.82) is 0 Å². The molecule has 2 rings (SSSR count). The fourth-order valence-electron chi connectivity index (χ4n) is 1.39. The molecule has 0 aliphatic heterocycles. The van der Waals surface area contributed by atoms with Crippen molar-refractivity contribution in [2.45, 2.75) is 0 Å². The number of anilines is 1. The van der Waals surface area contributed by atoms with Crippen LogP contribution < -0.4 is 10.5 Å². The van der Waals surface area contributed by atoms with Crippen LogP contribution in [0.1, 0.15) is 10.5 Å². The molecule has 0 amide bonds. The molecule has 0 fully saturated rings. The summed E-state index contributed by atoms with van der Waals surface area (Å²) in [6.07, 6.45) is 0. The van der Waals surface area contributed by atoms with Crippen LogP contribution in [0.3, 0.4) is 0 Å². The lowest BCUT2D eigenvalue weighted by Crippen LogP contribution is -2.09. The van der Waals surface area contributed by atoms with Gasteiger partial charge in [0.15, 0.2) is 12.3 Å². The molecule has 1 heterocycles. The van der Waals surface area contributed by atoms with Gasteiger partial charge in [0.25, 0.3) is 0 Å². The lowest BCUT2D eigenvalue weighted by molar-refractivity contribution is -0.139. The summed E-state index contributed by atoms with van der Waals surface area (Å²) < 4.78 is 4.86. The van der Waals surface area contributed by atoms with Crippen LogP contribution in [-0.4, -0.2) is 33.7 Å². The predicted octanol–water partition coefficient (Wildman–Crippen LogP) is 4.13.